The highest BCUT2D eigenvalue weighted by atomic mass is 79.9. The van der Waals surface area contributed by atoms with Crippen LogP contribution in [0, 0.1) is 5.82 Å². The third-order valence-electron chi connectivity index (χ3n) is 3.97. The van der Waals surface area contributed by atoms with Crippen molar-refractivity contribution in [2.24, 2.45) is 0 Å². The lowest BCUT2D eigenvalue weighted by Crippen LogP contribution is -2.14. The Morgan fingerprint density at radius 1 is 1.32 bits per heavy atom. The van der Waals surface area contributed by atoms with Gasteiger partial charge in [-0.15, -0.1) is 0 Å². The summed E-state index contributed by atoms with van der Waals surface area (Å²) in [6.07, 6.45) is 1.60. The summed E-state index contributed by atoms with van der Waals surface area (Å²) >= 11 is 3.39. The van der Waals surface area contributed by atoms with Gasteiger partial charge in [-0.2, -0.15) is 0 Å². The Labute approximate surface area is 150 Å². The van der Waals surface area contributed by atoms with Crippen LogP contribution in [-0.2, 0) is 22.7 Å². The molecule has 25 heavy (non-hydrogen) atoms. The summed E-state index contributed by atoms with van der Waals surface area (Å²) in [6.45, 7) is 0.278. The second kappa shape index (κ2) is 6.50. The number of aromatic nitrogens is 1. The maximum absolute atomic E-state index is 13.7. The van der Waals surface area contributed by atoms with Gasteiger partial charge in [0.05, 0.1) is 12.2 Å². The van der Waals surface area contributed by atoms with E-state index in [2.05, 4.69) is 20.9 Å². The first kappa shape index (κ1) is 16.1. The van der Waals surface area contributed by atoms with Crippen molar-refractivity contribution in [2.75, 3.05) is 6.79 Å². The summed E-state index contributed by atoms with van der Waals surface area (Å²) in [4.78, 5) is 15.5. The first-order chi connectivity index (χ1) is 12.1. The predicted molar refractivity (Wildman–Crippen MR) is 91.8 cm³/mol. The van der Waals surface area contributed by atoms with Crippen LogP contribution >= 0.6 is 15.9 Å². The molecule has 5 nitrogen and oxygen atoms in total. The van der Waals surface area contributed by atoms with Crippen LogP contribution in [-0.4, -0.2) is 17.7 Å². The van der Waals surface area contributed by atoms with Gasteiger partial charge < -0.3 is 19.2 Å². The minimum absolute atomic E-state index is 0.0837. The monoisotopic (exact) mass is 405 g/mol. The summed E-state index contributed by atoms with van der Waals surface area (Å²) in [7, 11) is 0. The molecule has 2 aromatic carbocycles. The highest BCUT2D eigenvalue weighted by Gasteiger charge is 2.19. The number of aromatic amines is 1. The van der Waals surface area contributed by atoms with Crippen molar-refractivity contribution < 1.29 is 23.4 Å². The van der Waals surface area contributed by atoms with E-state index in [9.17, 15) is 9.18 Å². The second-order valence-electron chi connectivity index (χ2n) is 5.63. The van der Waals surface area contributed by atoms with E-state index < -0.39 is 11.8 Å². The van der Waals surface area contributed by atoms with Crippen LogP contribution in [0.3, 0.4) is 0 Å². The highest BCUT2D eigenvalue weighted by molar-refractivity contribution is 9.10. The normalized spacial score (nSPS) is 13.4. The molecule has 3 aromatic rings. The zero-order chi connectivity index (χ0) is 17.4. The standard InChI is InChI=1S/C18H13BrFNO4/c19-12-1-2-16-14(5-12)15(6-21-16)18(22)24-8-11-4-13(20)3-10-7-23-9-25-17(10)11/h1-6,21H,7-9H2. The molecule has 2 heterocycles. The summed E-state index contributed by atoms with van der Waals surface area (Å²) in [6, 6.07) is 8.26. The van der Waals surface area contributed by atoms with Crippen molar-refractivity contribution in [3.8, 4) is 5.75 Å². The second-order valence-corrected chi connectivity index (χ2v) is 6.55. The summed E-state index contributed by atoms with van der Waals surface area (Å²) in [5.41, 5.74) is 2.34. The number of rotatable bonds is 3. The number of ether oxygens (including phenoxy) is 3. The van der Waals surface area contributed by atoms with E-state index in [0.29, 0.717) is 22.4 Å². The van der Waals surface area contributed by atoms with Gasteiger partial charge in [-0.1, -0.05) is 15.9 Å². The first-order valence-corrected chi connectivity index (χ1v) is 8.37. The molecule has 0 amide bonds. The molecule has 1 aliphatic heterocycles. The summed E-state index contributed by atoms with van der Waals surface area (Å²) in [5, 5.41) is 0.755. The van der Waals surface area contributed by atoms with Crippen LogP contribution in [0.1, 0.15) is 21.5 Å². The molecule has 128 valence electrons. The fraction of sp³-hybridized carbons (Fsp3) is 0.167. The number of halogens is 2. The molecule has 1 N–H and O–H groups in total. The number of hydrogen-bond donors (Lipinski definition) is 1. The van der Waals surface area contributed by atoms with Crippen LogP contribution < -0.4 is 4.74 Å². The maximum atomic E-state index is 13.7. The molecule has 0 saturated heterocycles. The molecule has 4 rings (SSSR count). The molecule has 0 radical (unpaired) electrons. The van der Waals surface area contributed by atoms with Crippen molar-refractivity contribution >= 4 is 32.8 Å². The smallest absolute Gasteiger partial charge is 0.340 e. The molecule has 0 unspecified atom stereocenters. The molecule has 0 bridgehead atoms. The number of H-pyrrole nitrogens is 1. The minimum atomic E-state index is -0.491. The van der Waals surface area contributed by atoms with E-state index in [4.69, 9.17) is 14.2 Å². The molecule has 1 aliphatic rings. The SMILES string of the molecule is O=C(OCc1cc(F)cc2c1OCOC2)c1c[nH]c2ccc(Br)cc12. The zero-order valence-corrected chi connectivity index (χ0v) is 14.6. The lowest BCUT2D eigenvalue weighted by atomic mass is 10.1. The van der Waals surface area contributed by atoms with Gasteiger partial charge >= 0.3 is 5.97 Å². The topological polar surface area (TPSA) is 60.6 Å². The van der Waals surface area contributed by atoms with E-state index in [-0.39, 0.29) is 20.0 Å². The predicted octanol–water partition coefficient (Wildman–Crippen LogP) is 4.29. The molecule has 0 fully saturated rings. The van der Waals surface area contributed by atoms with Crippen molar-refractivity contribution in [2.45, 2.75) is 13.2 Å². The van der Waals surface area contributed by atoms with E-state index in [1.807, 2.05) is 18.2 Å². The number of benzene rings is 2. The van der Waals surface area contributed by atoms with Crippen molar-refractivity contribution in [1.29, 1.82) is 0 Å². The van der Waals surface area contributed by atoms with Gasteiger partial charge in [0.1, 0.15) is 18.2 Å². The van der Waals surface area contributed by atoms with Gasteiger partial charge in [-0.3, -0.25) is 0 Å². The van der Waals surface area contributed by atoms with Crippen molar-refractivity contribution in [1.82, 2.24) is 4.98 Å². The summed E-state index contributed by atoms with van der Waals surface area (Å²) in [5.74, 6) is -0.397. The average Bonchev–Trinajstić information content (AvgIpc) is 3.02. The average molecular weight is 406 g/mol. The quantitative estimate of drug-likeness (QED) is 0.660. The molecule has 7 heteroatoms. The molecule has 0 atom stereocenters. The molecule has 1 aromatic heterocycles. The fourth-order valence-electron chi connectivity index (χ4n) is 2.85. The van der Waals surface area contributed by atoms with Gasteiger partial charge in [0.25, 0.3) is 0 Å². The third-order valence-corrected chi connectivity index (χ3v) is 4.47. The Bertz CT molecular complexity index is 969. The Balaban J connectivity index is 1.58. The highest BCUT2D eigenvalue weighted by Crippen LogP contribution is 2.30. The zero-order valence-electron chi connectivity index (χ0n) is 13.0. The molecule has 0 spiro atoms. The Hall–Kier alpha value is -2.38. The number of carbonyl (C=O) groups is 1. The van der Waals surface area contributed by atoms with Gasteiger partial charge in [-0.25, -0.2) is 9.18 Å². The molecule has 0 aliphatic carbocycles. The van der Waals surface area contributed by atoms with E-state index >= 15 is 0 Å². The van der Waals surface area contributed by atoms with Gasteiger partial charge in [0, 0.05) is 32.7 Å². The molecular formula is C18H13BrFNO4. The van der Waals surface area contributed by atoms with Crippen LogP contribution in [0.5, 0.6) is 5.75 Å². The van der Waals surface area contributed by atoms with Crippen molar-refractivity contribution in [3.63, 3.8) is 0 Å². The van der Waals surface area contributed by atoms with Crippen LogP contribution in [0.4, 0.5) is 4.39 Å². The molecule has 0 saturated carbocycles. The van der Waals surface area contributed by atoms with E-state index in [1.165, 1.54) is 12.1 Å². The lowest BCUT2D eigenvalue weighted by Gasteiger charge is -2.20. The van der Waals surface area contributed by atoms with Crippen LogP contribution in [0.15, 0.2) is 41.0 Å². The van der Waals surface area contributed by atoms with E-state index in [1.54, 1.807) is 6.20 Å². The minimum Gasteiger partial charge on any atom is -0.467 e. The van der Waals surface area contributed by atoms with Crippen LogP contribution in [0.2, 0.25) is 0 Å². The number of fused-ring (bicyclic) bond motifs is 2. The maximum Gasteiger partial charge on any atom is 0.340 e. The third kappa shape index (κ3) is 3.12. The number of hydrogen-bond acceptors (Lipinski definition) is 4. The van der Waals surface area contributed by atoms with Gasteiger partial charge in [0.15, 0.2) is 6.79 Å². The van der Waals surface area contributed by atoms with Crippen LogP contribution in [0.25, 0.3) is 10.9 Å². The Kier molecular flexibility index (Phi) is 4.19. The van der Waals surface area contributed by atoms with Gasteiger partial charge in [-0.05, 0) is 30.3 Å². The van der Waals surface area contributed by atoms with Gasteiger partial charge in [0.2, 0.25) is 0 Å². The first-order valence-electron chi connectivity index (χ1n) is 7.57. The Morgan fingerprint density at radius 2 is 2.20 bits per heavy atom. The largest absolute Gasteiger partial charge is 0.467 e. The van der Waals surface area contributed by atoms with Crippen molar-refractivity contribution in [3.05, 3.63) is 63.5 Å². The number of nitrogens with one attached hydrogen (secondary N) is 1. The fourth-order valence-corrected chi connectivity index (χ4v) is 3.21. The molecular weight excluding hydrogens is 393 g/mol. The number of esters is 1. The Morgan fingerprint density at radius 3 is 3.08 bits per heavy atom. The summed E-state index contributed by atoms with van der Waals surface area (Å²) < 4.78 is 30.6. The van der Waals surface area contributed by atoms with E-state index in [0.717, 1.165) is 15.4 Å². The number of carbonyl (C=O) groups excluding carboxylic acids is 1. The lowest BCUT2D eigenvalue weighted by molar-refractivity contribution is -0.0182.